The van der Waals surface area contributed by atoms with Gasteiger partial charge in [0.25, 0.3) is 0 Å². The Kier molecular flexibility index (Phi) is 3.30. The van der Waals surface area contributed by atoms with Crippen molar-refractivity contribution in [1.82, 2.24) is 4.98 Å². The minimum Gasteiger partial charge on any atom is -0.264 e. The van der Waals surface area contributed by atoms with Crippen molar-refractivity contribution in [2.75, 3.05) is 0 Å². The highest BCUT2D eigenvalue weighted by molar-refractivity contribution is 14.1. The summed E-state index contributed by atoms with van der Waals surface area (Å²) < 4.78 is 1.39. The van der Waals surface area contributed by atoms with E-state index >= 15 is 0 Å². The van der Waals surface area contributed by atoms with Crippen LogP contribution in [0.3, 0.4) is 0 Å². The van der Waals surface area contributed by atoms with Gasteiger partial charge in [0, 0.05) is 16.0 Å². The third kappa shape index (κ3) is 1.92. The summed E-state index contributed by atoms with van der Waals surface area (Å²) in [5.41, 5.74) is 2.73. The van der Waals surface area contributed by atoms with Gasteiger partial charge in [0.15, 0.2) is 0 Å². The van der Waals surface area contributed by atoms with Crippen LogP contribution in [-0.2, 0) is 12.8 Å². The second kappa shape index (κ2) is 4.04. The van der Waals surface area contributed by atoms with Crippen LogP contribution in [0, 0.1) is 3.57 Å². The highest BCUT2D eigenvalue weighted by Gasteiger charge is 2.01. The fourth-order valence-corrected chi connectivity index (χ4v) is 2.07. The van der Waals surface area contributed by atoms with Gasteiger partial charge in [-0.05, 0) is 46.6 Å². The van der Waals surface area contributed by atoms with E-state index in [1.165, 1.54) is 14.7 Å². The number of aryl methyl sites for hydroxylation is 2. The van der Waals surface area contributed by atoms with Gasteiger partial charge in [-0.2, -0.15) is 0 Å². The average Bonchev–Trinajstić information content (AvgIpc) is 2.05. The normalized spacial score (nSPS) is 10.1. The fourth-order valence-electron chi connectivity index (χ4n) is 1.03. The summed E-state index contributed by atoms with van der Waals surface area (Å²) in [7, 11) is 0. The smallest absolute Gasteiger partial charge is 0.0310 e. The van der Waals surface area contributed by atoms with Crippen LogP contribution in [0.5, 0.6) is 0 Å². The Morgan fingerprint density at radius 2 is 1.64 bits per heavy atom. The van der Waals surface area contributed by atoms with Crippen LogP contribution in [0.2, 0.25) is 0 Å². The number of nitrogens with zero attached hydrogens (tertiary/aromatic N) is 1. The van der Waals surface area contributed by atoms with Crippen LogP contribution in [0.1, 0.15) is 25.0 Å². The molecular weight excluding hydrogens is 249 g/mol. The van der Waals surface area contributed by atoms with E-state index in [9.17, 15) is 0 Å². The van der Waals surface area contributed by atoms with Gasteiger partial charge in [-0.25, -0.2) is 0 Å². The zero-order valence-electron chi connectivity index (χ0n) is 6.89. The third-order valence-electron chi connectivity index (χ3n) is 1.79. The molecule has 0 N–H and O–H groups in total. The molecular formula is C9H12IN. The van der Waals surface area contributed by atoms with Gasteiger partial charge in [0.2, 0.25) is 0 Å². The maximum absolute atomic E-state index is 4.18. The van der Waals surface area contributed by atoms with E-state index < -0.39 is 0 Å². The molecule has 1 nitrogen and oxygen atoms in total. The molecule has 0 saturated carbocycles. The molecule has 60 valence electrons. The van der Waals surface area contributed by atoms with E-state index in [2.05, 4.69) is 41.4 Å². The first-order valence-corrected chi connectivity index (χ1v) is 4.98. The largest absolute Gasteiger partial charge is 0.264 e. The highest BCUT2D eigenvalue weighted by Crippen LogP contribution is 2.16. The zero-order valence-corrected chi connectivity index (χ0v) is 9.05. The van der Waals surface area contributed by atoms with Crippen LogP contribution >= 0.6 is 22.6 Å². The minimum atomic E-state index is 1.08. The number of aromatic nitrogens is 1. The number of halogens is 1. The van der Waals surface area contributed by atoms with Crippen molar-refractivity contribution in [3.8, 4) is 0 Å². The van der Waals surface area contributed by atoms with Crippen molar-refractivity contribution >= 4 is 22.6 Å². The molecule has 2 heteroatoms. The van der Waals surface area contributed by atoms with Gasteiger partial charge in [-0.15, -0.1) is 0 Å². The second-order valence-corrected chi connectivity index (χ2v) is 3.56. The molecule has 1 rings (SSSR count). The van der Waals surface area contributed by atoms with Crippen molar-refractivity contribution in [2.24, 2.45) is 0 Å². The Labute approximate surface area is 81.4 Å². The molecule has 11 heavy (non-hydrogen) atoms. The number of pyridine rings is 1. The molecule has 1 aromatic rings. The van der Waals surface area contributed by atoms with Gasteiger partial charge in [0.05, 0.1) is 0 Å². The minimum absolute atomic E-state index is 1.08. The summed E-state index contributed by atoms with van der Waals surface area (Å²) in [6.45, 7) is 4.33. The Morgan fingerprint density at radius 3 is 2.00 bits per heavy atom. The molecule has 0 fully saturated rings. The number of hydrogen-bond acceptors (Lipinski definition) is 1. The van der Waals surface area contributed by atoms with Crippen LogP contribution < -0.4 is 0 Å². The Morgan fingerprint density at radius 1 is 1.18 bits per heavy atom. The van der Waals surface area contributed by atoms with Crippen molar-refractivity contribution in [1.29, 1.82) is 0 Å². The van der Waals surface area contributed by atoms with E-state index in [1.807, 2.05) is 12.4 Å². The lowest BCUT2D eigenvalue weighted by Crippen LogP contribution is -1.94. The first-order valence-electron chi connectivity index (χ1n) is 3.90. The molecule has 0 unspecified atom stereocenters. The second-order valence-electron chi connectivity index (χ2n) is 2.48. The molecule has 0 saturated heterocycles. The lowest BCUT2D eigenvalue weighted by molar-refractivity contribution is 1.02. The molecule has 0 aliphatic carbocycles. The van der Waals surface area contributed by atoms with Gasteiger partial charge in [-0.3, -0.25) is 4.98 Å². The topological polar surface area (TPSA) is 12.9 Å². The van der Waals surface area contributed by atoms with Crippen LogP contribution in [0.4, 0.5) is 0 Å². The van der Waals surface area contributed by atoms with Crippen LogP contribution in [0.25, 0.3) is 0 Å². The van der Waals surface area contributed by atoms with Crippen molar-refractivity contribution in [2.45, 2.75) is 26.7 Å². The standard InChI is InChI=1S/C9H12IN/c1-3-7-5-11-6-8(4-2)9(7)10/h5-6H,3-4H2,1-2H3. The zero-order chi connectivity index (χ0) is 8.27. The monoisotopic (exact) mass is 261 g/mol. The van der Waals surface area contributed by atoms with Crippen molar-refractivity contribution in [3.63, 3.8) is 0 Å². The van der Waals surface area contributed by atoms with E-state index in [-0.39, 0.29) is 0 Å². The molecule has 1 aromatic heterocycles. The highest BCUT2D eigenvalue weighted by atomic mass is 127. The van der Waals surface area contributed by atoms with Gasteiger partial charge in [0.1, 0.15) is 0 Å². The molecule has 0 amide bonds. The summed E-state index contributed by atoms with van der Waals surface area (Å²) in [5.74, 6) is 0. The lowest BCUT2D eigenvalue weighted by Gasteiger charge is -2.04. The predicted molar refractivity (Wildman–Crippen MR) is 55.7 cm³/mol. The van der Waals surface area contributed by atoms with Crippen LogP contribution in [-0.4, -0.2) is 4.98 Å². The molecule has 0 bridgehead atoms. The molecule has 0 radical (unpaired) electrons. The Bertz CT molecular complexity index is 223. The summed E-state index contributed by atoms with van der Waals surface area (Å²) in [6.07, 6.45) is 6.08. The number of rotatable bonds is 2. The van der Waals surface area contributed by atoms with Crippen molar-refractivity contribution in [3.05, 3.63) is 27.1 Å². The molecule has 0 aromatic carbocycles. The average molecular weight is 261 g/mol. The third-order valence-corrected chi connectivity index (χ3v) is 3.17. The van der Waals surface area contributed by atoms with Gasteiger partial charge >= 0.3 is 0 Å². The maximum atomic E-state index is 4.18. The Balaban J connectivity index is 3.10. The molecule has 1 heterocycles. The quantitative estimate of drug-likeness (QED) is 0.746. The Hall–Kier alpha value is -0.120. The summed E-state index contributed by atoms with van der Waals surface area (Å²) in [5, 5.41) is 0. The summed E-state index contributed by atoms with van der Waals surface area (Å²) in [6, 6.07) is 0. The molecule has 0 aliphatic rings. The van der Waals surface area contributed by atoms with Gasteiger partial charge in [-0.1, -0.05) is 13.8 Å². The molecule has 0 atom stereocenters. The van der Waals surface area contributed by atoms with E-state index in [0.717, 1.165) is 12.8 Å². The first-order chi connectivity index (χ1) is 5.29. The van der Waals surface area contributed by atoms with E-state index in [1.54, 1.807) is 0 Å². The van der Waals surface area contributed by atoms with Crippen LogP contribution in [0.15, 0.2) is 12.4 Å². The summed E-state index contributed by atoms with van der Waals surface area (Å²) >= 11 is 2.40. The number of hydrogen-bond donors (Lipinski definition) is 0. The first kappa shape index (κ1) is 8.97. The predicted octanol–water partition coefficient (Wildman–Crippen LogP) is 2.81. The van der Waals surface area contributed by atoms with E-state index in [0.29, 0.717) is 0 Å². The maximum Gasteiger partial charge on any atom is 0.0310 e. The molecule has 0 spiro atoms. The fraction of sp³-hybridized carbons (Fsp3) is 0.444. The van der Waals surface area contributed by atoms with Crippen molar-refractivity contribution < 1.29 is 0 Å². The lowest BCUT2D eigenvalue weighted by atomic mass is 10.1. The molecule has 0 aliphatic heterocycles. The SMILES string of the molecule is CCc1cncc(CC)c1I. The van der Waals surface area contributed by atoms with Gasteiger partial charge < -0.3 is 0 Å². The summed E-state index contributed by atoms with van der Waals surface area (Å²) in [4.78, 5) is 4.18. The van der Waals surface area contributed by atoms with E-state index in [4.69, 9.17) is 0 Å².